The monoisotopic (exact) mass is 249 g/mol. The van der Waals surface area contributed by atoms with Gasteiger partial charge in [-0.15, -0.1) is 0 Å². The molecule has 0 unspecified atom stereocenters. The van der Waals surface area contributed by atoms with Crippen LogP contribution in [0, 0.1) is 0 Å². The quantitative estimate of drug-likeness (QED) is 0.749. The number of hydrogen-bond acceptors (Lipinski definition) is 1. The van der Waals surface area contributed by atoms with Crippen LogP contribution in [-0.2, 0) is 0 Å². The fourth-order valence-electron chi connectivity index (χ4n) is 2.55. The van der Waals surface area contributed by atoms with E-state index in [2.05, 4.69) is 37.3 Å². The number of hydrogen-bond donors (Lipinski definition) is 0. The summed E-state index contributed by atoms with van der Waals surface area (Å²) in [7, 11) is 4.19. The van der Waals surface area contributed by atoms with Crippen molar-refractivity contribution in [3.63, 3.8) is 0 Å². The highest BCUT2D eigenvalue weighted by atomic mass is 35.5. The summed E-state index contributed by atoms with van der Waals surface area (Å²) in [5, 5.41) is 0.831. The van der Waals surface area contributed by atoms with Crippen molar-refractivity contribution in [2.45, 2.75) is 31.6 Å². The van der Waals surface area contributed by atoms with Gasteiger partial charge in [0.1, 0.15) is 0 Å². The molecule has 0 aliphatic heterocycles. The van der Waals surface area contributed by atoms with E-state index < -0.39 is 0 Å². The largest absolute Gasteiger partial charge is 0.384 e. The molecule has 0 saturated heterocycles. The minimum absolute atomic E-state index is 0.714. The van der Waals surface area contributed by atoms with Gasteiger partial charge in [0.2, 0.25) is 0 Å². The Morgan fingerprint density at radius 2 is 1.71 bits per heavy atom. The highest BCUT2D eigenvalue weighted by molar-refractivity contribution is 6.30. The van der Waals surface area contributed by atoms with Crippen LogP contribution in [0.2, 0.25) is 5.02 Å². The maximum Gasteiger partial charge on any atom is 0.0406 e. The first-order chi connectivity index (χ1) is 8.15. The van der Waals surface area contributed by atoms with E-state index in [1.165, 1.54) is 31.2 Å². The molecule has 1 fully saturated rings. The summed E-state index contributed by atoms with van der Waals surface area (Å²) < 4.78 is 0. The highest BCUT2D eigenvalue weighted by Crippen LogP contribution is 2.35. The molecule has 0 bridgehead atoms. The van der Waals surface area contributed by atoms with Crippen LogP contribution in [0.1, 0.15) is 37.2 Å². The second-order valence-electron chi connectivity index (χ2n) is 5.08. The van der Waals surface area contributed by atoms with Crippen LogP contribution in [0.25, 0.3) is 0 Å². The van der Waals surface area contributed by atoms with Crippen molar-refractivity contribution < 1.29 is 0 Å². The van der Waals surface area contributed by atoms with Crippen LogP contribution in [0.5, 0.6) is 0 Å². The van der Waals surface area contributed by atoms with Crippen molar-refractivity contribution in [3.8, 4) is 0 Å². The van der Waals surface area contributed by atoms with Crippen molar-refractivity contribution in [3.05, 3.63) is 46.6 Å². The molecule has 1 aliphatic rings. The average Bonchev–Trinajstić information content (AvgIpc) is 2.30. The van der Waals surface area contributed by atoms with Crippen molar-refractivity contribution >= 4 is 11.6 Å². The number of nitrogens with zero attached hydrogens (tertiary/aromatic N) is 1. The molecule has 1 aromatic rings. The van der Waals surface area contributed by atoms with Gasteiger partial charge in [-0.25, -0.2) is 0 Å². The smallest absolute Gasteiger partial charge is 0.0406 e. The van der Waals surface area contributed by atoms with Gasteiger partial charge >= 0.3 is 0 Å². The van der Waals surface area contributed by atoms with E-state index in [9.17, 15) is 0 Å². The minimum atomic E-state index is 0.714. The molecule has 0 N–H and O–H groups in total. The molecule has 2 heteroatoms. The zero-order valence-electron chi connectivity index (χ0n) is 10.6. The van der Waals surface area contributed by atoms with E-state index in [1.54, 1.807) is 5.57 Å². The average molecular weight is 250 g/mol. The number of benzene rings is 1. The Kier molecular flexibility index (Phi) is 4.11. The summed E-state index contributed by atoms with van der Waals surface area (Å²) in [6.07, 6.45) is 7.26. The van der Waals surface area contributed by atoms with Gasteiger partial charge in [0.15, 0.2) is 0 Å². The maximum atomic E-state index is 5.92. The molecule has 1 aliphatic carbocycles. The van der Waals surface area contributed by atoms with E-state index in [4.69, 9.17) is 11.6 Å². The lowest BCUT2D eigenvalue weighted by atomic mass is 9.82. The van der Waals surface area contributed by atoms with E-state index in [-0.39, 0.29) is 0 Å². The van der Waals surface area contributed by atoms with Gasteiger partial charge in [0, 0.05) is 19.1 Å². The fraction of sp³-hybridized carbons (Fsp3) is 0.467. The number of halogens is 1. The third kappa shape index (κ3) is 3.50. The third-order valence-electron chi connectivity index (χ3n) is 3.41. The van der Waals surface area contributed by atoms with Crippen LogP contribution in [0.3, 0.4) is 0 Å². The molecule has 1 aromatic carbocycles. The van der Waals surface area contributed by atoms with Crippen LogP contribution in [-0.4, -0.2) is 19.0 Å². The molecule has 0 atom stereocenters. The van der Waals surface area contributed by atoms with Crippen LogP contribution < -0.4 is 0 Å². The molecule has 17 heavy (non-hydrogen) atoms. The first-order valence-electron chi connectivity index (χ1n) is 6.26. The lowest BCUT2D eigenvalue weighted by molar-refractivity contribution is 0.490. The van der Waals surface area contributed by atoms with Crippen molar-refractivity contribution in [2.75, 3.05) is 14.1 Å². The second kappa shape index (κ2) is 5.59. The topological polar surface area (TPSA) is 3.24 Å². The highest BCUT2D eigenvalue weighted by Gasteiger charge is 2.18. The normalized spacial score (nSPS) is 20.2. The van der Waals surface area contributed by atoms with E-state index in [0.29, 0.717) is 5.92 Å². The van der Waals surface area contributed by atoms with Crippen molar-refractivity contribution in [2.24, 2.45) is 0 Å². The Bertz CT molecular complexity index is 382. The molecule has 0 heterocycles. The summed E-state index contributed by atoms with van der Waals surface area (Å²) in [5.74, 6) is 0.714. The van der Waals surface area contributed by atoms with E-state index in [1.807, 2.05) is 12.1 Å². The van der Waals surface area contributed by atoms with Gasteiger partial charge in [-0.05, 0) is 55.5 Å². The molecule has 0 amide bonds. The first-order valence-corrected chi connectivity index (χ1v) is 6.64. The molecule has 92 valence electrons. The predicted molar refractivity (Wildman–Crippen MR) is 74.4 cm³/mol. The van der Waals surface area contributed by atoms with Gasteiger partial charge in [0.25, 0.3) is 0 Å². The van der Waals surface area contributed by atoms with E-state index in [0.717, 1.165) is 5.02 Å². The van der Waals surface area contributed by atoms with Crippen molar-refractivity contribution in [1.29, 1.82) is 0 Å². The Morgan fingerprint density at radius 3 is 2.24 bits per heavy atom. The lowest BCUT2D eigenvalue weighted by Crippen LogP contribution is -2.10. The van der Waals surface area contributed by atoms with Gasteiger partial charge < -0.3 is 4.90 Å². The Balaban J connectivity index is 1.97. The Morgan fingerprint density at radius 1 is 1.12 bits per heavy atom. The summed E-state index contributed by atoms with van der Waals surface area (Å²) in [4.78, 5) is 2.15. The van der Waals surface area contributed by atoms with Crippen LogP contribution in [0.15, 0.2) is 36.0 Å². The number of rotatable bonds is 2. The standard InChI is InChI=1S/C15H20ClN/c1-17(2)11-12-3-5-13(6-4-12)14-7-9-15(16)10-8-14/h7-11,13H,3-6H2,1-2H3. The van der Waals surface area contributed by atoms with E-state index >= 15 is 0 Å². The Labute approximate surface area is 109 Å². The molecule has 1 saturated carbocycles. The van der Waals surface area contributed by atoms with Gasteiger partial charge in [-0.2, -0.15) is 0 Å². The second-order valence-corrected chi connectivity index (χ2v) is 5.51. The summed E-state index contributed by atoms with van der Waals surface area (Å²) in [6, 6.07) is 8.35. The fourth-order valence-corrected chi connectivity index (χ4v) is 2.68. The van der Waals surface area contributed by atoms with Gasteiger partial charge in [-0.3, -0.25) is 0 Å². The number of allylic oxidation sites excluding steroid dienone is 1. The minimum Gasteiger partial charge on any atom is -0.384 e. The molecule has 0 aromatic heterocycles. The molecular formula is C15H20ClN. The van der Waals surface area contributed by atoms with Crippen LogP contribution in [0.4, 0.5) is 0 Å². The first kappa shape index (κ1) is 12.5. The molecule has 1 nitrogen and oxygen atoms in total. The summed E-state index contributed by atoms with van der Waals surface area (Å²) in [5.41, 5.74) is 3.03. The Hall–Kier alpha value is -0.950. The third-order valence-corrected chi connectivity index (χ3v) is 3.66. The summed E-state index contributed by atoms with van der Waals surface area (Å²) in [6.45, 7) is 0. The van der Waals surface area contributed by atoms with Crippen LogP contribution >= 0.6 is 11.6 Å². The predicted octanol–water partition coefficient (Wildman–Crippen LogP) is 4.44. The van der Waals surface area contributed by atoms with Crippen molar-refractivity contribution in [1.82, 2.24) is 4.90 Å². The SMILES string of the molecule is CN(C)C=C1CCC(c2ccc(Cl)cc2)CC1. The molecule has 2 rings (SSSR count). The van der Waals surface area contributed by atoms with Gasteiger partial charge in [0.05, 0.1) is 0 Å². The maximum absolute atomic E-state index is 5.92. The zero-order valence-corrected chi connectivity index (χ0v) is 11.4. The summed E-state index contributed by atoms with van der Waals surface area (Å²) >= 11 is 5.92. The molecule has 0 radical (unpaired) electrons. The lowest BCUT2D eigenvalue weighted by Gasteiger charge is -2.25. The molecular weight excluding hydrogens is 230 g/mol. The zero-order chi connectivity index (χ0) is 12.3. The van der Waals surface area contributed by atoms with Gasteiger partial charge in [-0.1, -0.05) is 29.3 Å². The molecule has 0 spiro atoms.